The van der Waals surface area contributed by atoms with Crippen LogP contribution in [0.4, 0.5) is 0 Å². The van der Waals surface area contributed by atoms with Gasteiger partial charge in [-0.1, -0.05) is 13.3 Å². The Bertz CT molecular complexity index is 199. The van der Waals surface area contributed by atoms with Gasteiger partial charge in [-0.25, -0.2) is 0 Å². The van der Waals surface area contributed by atoms with Gasteiger partial charge in [0.15, 0.2) is 0 Å². The van der Waals surface area contributed by atoms with Crippen LogP contribution in [0.15, 0.2) is 0 Å². The highest BCUT2D eigenvalue weighted by Gasteiger charge is 2.22. The van der Waals surface area contributed by atoms with Gasteiger partial charge in [0.1, 0.15) is 6.10 Å². The third-order valence-electron chi connectivity index (χ3n) is 2.87. The molecule has 4 nitrogen and oxygen atoms in total. The maximum absolute atomic E-state index is 11.5. The largest absolute Gasteiger partial charge is 0.384 e. The second-order valence-electron chi connectivity index (χ2n) is 4.20. The Morgan fingerprint density at radius 3 is 2.40 bits per heavy atom. The van der Waals surface area contributed by atoms with Crippen molar-refractivity contribution in [2.75, 3.05) is 32.7 Å². The van der Waals surface area contributed by atoms with Crippen LogP contribution in [-0.2, 0) is 4.79 Å². The van der Waals surface area contributed by atoms with E-state index in [1.807, 2.05) is 0 Å². The summed E-state index contributed by atoms with van der Waals surface area (Å²) >= 11 is 0. The molecule has 0 saturated carbocycles. The first-order valence-corrected chi connectivity index (χ1v) is 5.84. The minimum atomic E-state index is -0.854. The molecule has 0 radical (unpaired) electrons. The van der Waals surface area contributed by atoms with Crippen LogP contribution < -0.4 is 0 Å². The number of rotatable bonds is 4. The molecule has 1 amide bonds. The zero-order valence-electron chi connectivity index (χ0n) is 9.78. The molecule has 1 N–H and O–H groups in total. The van der Waals surface area contributed by atoms with Crippen LogP contribution >= 0.6 is 0 Å². The van der Waals surface area contributed by atoms with E-state index in [0.29, 0.717) is 0 Å². The average Bonchev–Trinajstić information content (AvgIpc) is 2.26. The molecule has 1 fully saturated rings. The summed E-state index contributed by atoms with van der Waals surface area (Å²) in [5, 5.41) is 9.18. The van der Waals surface area contributed by atoms with Gasteiger partial charge in [-0.3, -0.25) is 9.69 Å². The molecular formula is C11H22N2O2. The molecule has 0 aliphatic carbocycles. The van der Waals surface area contributed by atoms with E-state index in [2.05, 4.69) is 11.8 Å². The molecule has 1 aliphatic heterocycles. The summed E-state index contributed by atoms with van der Waals surface area (Å²) in [5.41, 5.74) is 0. The van der Waals surface area contributed by atoms with Gasteiger partial charge in [0.2, 0.25) is 0 Å². The third kappa shape index (κ3) is 3.80. The maximum atomic E-state index is 11.5. The van der Waals surface area contributed by atoms with Gasteiger partial charge >= 0.3 is 0 Å². The number of hydrogen-bond donors (Lipinski definition) is 1. The highest BCUT2D eigenvalue weighted by molar-refractivity contribution is 5.80. The van der Waals surface area contributed by atoms with Gasteiger partial charge in [-0.15, -0.1) is 0 Å². The minimum Gasteiger partial charge on any atom is -0.384 e. The lowest BCUT2D eigenvalue weighted by atomic mass is 10.2. The summed E-state index contributed by atoms with van der Waals surface area (Å²) in [7, 11) is 0. The molecule has 1 saturated heterocycles. The number of aliphatic hydroxyl groups excluding tert-OH is 1. The Morgan fingerprint density at radius 1 is 1.33 bits per heavy atom. The fraction of sp³-hybridized carbons (Fsp3) is 0.909. The molecule has 1 heterocycles. The van der Waals surface area contributed by atoms with Crippen molar-refractivity contribution in [1.82, 2.24) is 9.80 Å². The second-order valence-corrected chi connectivity index (χ2v) is 4.20. The van der Waals surface area contributed by atoms with E-state index in [0.717, 1.165) is 32.7 Å². The highest BCUT2D eigenvalue weighted by Crippen LogP contribution is 2.05. The van der Waals surface area contributed by atoms with Crippen molar-refractivity contribution in [3.05, 3.63) is 0 Å². The van der Waals surface area contributed by atoms with Crippen molar-refractivity contribution >= 4 is 5.91 Å². The summed E-state index contributed by atoms with van der Waals surface area (Å²) in [5.74, 6) is -0.134. The van der Waals surface area contributed by atoms with Crippen LogP contribution in [0.1, 0.15) is 26.7 Å². The maximum Gasteiger partial charge on any atom is 0.251 e. The fourth-order valence-electron chi connectivity index (χ4n) is 1.84. The standard InChI is InChI=1S/C11H22N2O2/c1-3-4-5-12-6-8-13(9-7-12)11(15)10(2)14/h10,14H,3-9H2,1-2H3. The van der Waals surface area contributed by atoms with Crippen molar-refractivity contribution < 1.29 is 9.90 Å². The highest BCUT2D eigenvalue weighted by atomic mass is 16.3. The van der Waals surface area contributed by atoms with Crippen molar-refractivity contribution in [2.24, 2.45) is 0 Å². The van der Waals surface area contributed by atoms with Gasteiger partial charge in [0, 0.05) is 26.2 Å². The lowest BCUT2D eigenvalue weighted by Crippen LogP contribution is -2.51. The lowest BCUT2D eigenvalue weighted by Gasteiger charge is -2.35. The van der Waals surface area contributed by atoms with Crippen LogP contribution in [0.3, 0.4) is 0 Å². The molecule has 88 valence electrons. The Hall–Kier alpha value is -0.610. The predicted molar refractivity (Wildman–Crippen MR) is 59.6 cm³/mol. The number of nitrogens with zero attached hydrogens (tertiary/aromatic N) is 2. The van der Waals surface area contributed by atoms with Crippen LogP contribution in [0.5, 0.6) is 0 Å². The van der Waals surface area contributed by atoms with Crippen molar-refractivity contribution in [2.45, 2.75) is 32.8 Å². The number of hydrogen-bond acceptors (Lipinski definition) is 3. The lowest BCUT2D eigenvalue weighted by molar-refractivity contribution is -0.141. The molecule has 0 aromatic rings. The van der Waals surface area contributed by atoms with E-state index in [1.165, 1.54) is 19.8 Å². The van der Waals surface area contributed by atoms with Gasteiger partial charge in [-0.2, -0.15) is 0 Å². The second kappa shape index (κ2) is 6.08. The number of unbranched alkanes of at least 4 members (excludes halogenated alkanes) is 1. The molecule has 4 heteroatoms. The van der Waals surface area contributed by atoms with Gasteiger partial charge in [-0.05, 0) is 19.9 Å². The van der Waals surface area contributed by atoms with E-state index >= 15 is 0 Å². The zero-order chi connectivity index (χ0) is 11.3. The minimum absolute atomic E-state index is 0.134. The van der Waals surface area contributed by atoms with Gasteiger partial charge in [0.05, 0.1) is 0 Å². The Labute approximate surface area is 91.9 Å². The molecule has 0 aromatic carbocycles. The van der Waals surface area contributed by atoms with E-state index in [9.17, 15) is 9.90 Å². The Balaban J connectivity index is 2.26. The molecule has 15 heavy (non-hydrogen) atoms. The number of aliphatic hydroxyl groups is 1. The molecule has 0 spiro atoms. The fourth-order valence-corrected chi connectivity index (χ4v) is 1.84. The van der Waals surface area contributed by atoms with Crippen LogP contribution in [0, 0.1) is 0 Å². The normalized spacial score (nSPS) is 20.3. The number of amides is 1. The molecule has 0 aromatic heterocycles. The topological polar surface area (TPSA) is 43.8 Å². The molecule has 1 atom stereocenters. The number of carbonyl (C=O) groups excluding carboxylic acids is 1. The summed E-state index contributed by atoms with van der Waals surface area (Å²) in [6.07, 6.45) is 1.59. The number of piperazine rings is 1. The van der Waals surface area contributed by atoms with Crippen LogP contribution in [-0.4, -0.2) is 59.6 Å². The summed E-state index contributed by atoms with van der Waals surface area (Å²) in [4.78, 5) is 15.6. The van der Waals surface area contributed by atoms with E-state index in [4.69, 9.17) is 0 Å². The smallest absolute Gasteiger partial charge is 0.251 e. The first kappa shape index (κ1) is 12.5. The van der Waals surface area contributed by atoms with Gasteiger partial charge < -0.3 is 10.0 Å². The number of carbonyl (C=O) groups is 1. The zero-order valence-corrected chi connectivity index (χ0v) is 9.78. The SMILES string of the molecule is CCCCN1CCN(C(=O)C(C)O)CC1. The average molecular weight is 214 g/mol. The molecule has 1 rings (SSSR count). The van der Waals surface area contributed by atoms with Gasteiger partial charge in [0.25, 0.3) is 5.91 Å². The monoisotopic (exact) mass is 214 g/mol. The van der Waals surface area contributed by atoms with E-state index in [1.54, 1.807) is 4.90 Å². The van der Waals surface area contributed by atoms with Crippen LogP contribution in [0.2, 0.25) is 0 Å². The van der Waals surface area contributed by atoms with Crippen molar-refractivity contribution in [1.29, 1.82) is 0 Å². The molecule has 1 unspecified atom stereocenters. The Morgan fingerprint density at radius 2 is 1.93 bits per heavy atom. The summed E-state index contributed by atoms with van der Waals surface area (Å²) < 4.78 is 0. The third-order valence-corrected chi connectivity index (χ3v) is 2.87. The first-order valence-electron chi connectivity index (χ1n) is 5.84. The first-order chi connectivity index (χ1) is 7.15. The van der Waals surface area contributed by atoms with Crippen LogP contribution in [0.25, 0.3) is 0 Å². The van der Waals surface area contributed by atoms with Crippen molar-refractivity contribution in [3.63, 3.8) is 0 Å². The molecular weight excluding hydrogens is 192 g/mol. The van der Waals surface area contributed by atoms with E-state index in [-0.39, 0.29) is 5.91 Å². The molecule has 1 aliphatic rings. The van der Waals surface area contributed by atoms with Crippen molar-refractivity contribution in [3.8, 4) is 0 Å². The van der Waals surface area contributed by atoms with E-state index < -0.39 is 6.10 Å². The Kier molecular flexibility index (Phi) is 5.05. The predicted octanol–water partition coefficient (Wildman–Crippen LogP) is 0.311. The summed E-state index contributed by atoms with van der Waals surface area (Å²) in [6.45, 7) is 8.25. The quantitative estimate of drug-likeness (QED) is 0.732. The molecule has 0 bridgehead atoms. The summed E-state index contributed by atoms with van der Waals surface area (Å²) in [6, 6.07) is 0.